The molecule has 1 aromatic heterocycles. The van der Waals surface area contributed by atoms with Gasteiger partial charge < -0.3 is 23.7 Å². The standard InChI is InChI=1S/C31H44N4O10S/c1-17(2)8-9-20-30(6,45-20)26-25(41-7)18(10-11-31(26)16-43-31)44-28(40)34-23(39)15-46-24-12-21(37)32-27(35-24)33-22(38)14-42-13-19(36)29(3,4)5/h8,12,18,20,25-26H,9-11,13-16H2,1-7H3,(H,34,39,40)(H2,32,33,35,37,38)/t18-,20-,25-,26-,30-,31+/m1/s1. The van der Waals surface area contributed by atoms with Gasteiger partial charge in [0.2, 0.25) is 11.9 Å². The van der Waals surface area contributed by atoms with Crippen LogP contribution < -0.4 is 16.2 Å². The molecule has 3 aliphatic rings. The van der Waals surface area contributed by atoms with Crippen molar-refractivity contribution in [3.63, 3.8) is 0 Å². The number of aromatic amines is 1. The second-order valence-electron chi connectivity index (χ2n) is 13.3. The maximum atomic E-state index is 12.8. The van der Waals surface area contributed by atoms with Crippen LogP contribution in [0.1, 0.15) is 60.8 Å². The van der Waals surface area contributed by atoms with Gasteiger partial charge in [-0.15, -0.1) is 0 Å². The SMILES string of the molecule is CO[C@@H]1[C@H](OC(=O)NC(=O)CSc2cc(=O)[nH]c(NC(=O)COCC(=O)C(C)(C)C)n2)CC[C@]2(CO2)[C@H]1[C@]1(C)O[C@@H]1CC=C(C)C. The first-order valence-electron chi connectivity index (χ1n) is 15.2. The maximum absolute atomic E-state index is 12.8. The van der Waals surface area contributed by atoms with Crippen LogP contribution in [0.4, 0.5) is 10.7 Å². The van der Waals surface area contributed by atoms with Crippen molar-refractivity contribution >= 4 is 41.4 Å². The lowest BCUT2D eigenvalue weighted by Crippen LogP contribution is -2.56. The molecule has 3 amide bonds. The molecule has 46 heavy (non-hydrogen) atoms. The number of nitrogens with zero attached hydrogens (tertiary/aromatic N) is 1. The van der Waals surface area contributed by atoms with E-state index in [1.165, 1.54) is 5.57 Å². The number of amides is 3. The zero-order valence-electron chi connectivity index (χ0n) is 27.4. The quantitative estimate of drug-likeness (QED) is 0.121. The van der Waals surface area contributed by atoms with Crippen molar-refractivity contribution in [1.29, 1.82) is 0 Å². The van der Waals surface area contributed by atoms with Gasteiger partial charge in [-0.05, 0) is 40.0 Å². The third kappa shape index (κ3) is 9.03. The minimum absolute atomic E-state index is 0.00223. The van der Waals surface area contributed by atoms with Crippen LogP contribution >= 0.6 is 11.8 Å². The summed E-state index contributed by atoms with van der Waals surface area (Å²) in [7, 11) is 1.57. The normalized spacial score (nSPS) is 28.2. The zero-order chi connectivity index (χ0) is 33.9. The third-order valence-electron chi connectivity index (χ3n) is 8.37. The Labute approximate surface area is 272 Å². The van der Waals surface area contributed by atoms with Gasteiger partial charge in [-0.2, -0.15) is 0 Å². The van der Waals surface area contributed by atoms with Crippen molar-refractivity contribution in [2.24, 2.45) is 11.3 Å². The van der Waals surface area contributed by atoms with Gasteiger partial charge in [0, 0.05) is 18.6 Å². The summed E-state index contributed by atoms with van der Waals surface area (Å²) >= 11 is 0.888. The lowest BCUT2D eigenvalue weighted by molar-refractivity contribution is -0.133. The number of alkyl carbamates (subject to hydrolysis) is 1. The number of H-pyrrole nitrogens is 1. The molecule has 6 atom stereocenters. The molecule has 3 N–H and O–H groups in total. The van der Waals surface area contributed by atoms with Crippen LogP contribution in [0.25, 0.3) is 0 Å². The van der Waals surface area contributed by atoms with E-state index < -0.39 is 53.3 Å². The number of ether oxygens (including phenoxy) is 5. The molecule has 3 fully saturated rings. The van der Waals surface area contributed by atoms with Crippen LogP contribution in [0.15, 0.2) is 27.5 Å². The number of rotatable bonds is 13. The molecule has 1 saturated carbocycles. The van der Waals surface area contributed by atoms with Crippen LogP contribution in [-0.2, 0) is 38.1 Å². The average Bonchev–Trinajstić information content (AvgIpc) is 3.87. The van der Waals surface area contributed by atoms with Crippen LogP contribution in [0.3, 0.4) is 0 Å². The van der Waals surface area contributed by atoms with E-state index in [2.05, 4.69) is 26.7 Å². The number of epoxide rings is 2. The summed E-state index contributed by atoms with van der Waals surface area (Å²) < 4.78 is 28.8. The van der Waals surface area contributed by atoms with Crippen molar-refractivity contribution in [2.45, 2.75) is 95.3 Å². The molecule has 15 heteroatoms. The molecule has 2 saturated heterocycles. The van der Waals surface area contributed by atoms with E-state index in [0.29, 0.717) is 19.4 Å². The fraction of sp³-hybridized carbons (Fsp3) is 0.677. The van der Waals surface area contributed by atoms with Gasteiger partial charge >= 0.3 is 6.09 Å². The summed E-state index contributed by atoms with van der Waals surface area (Å²) in [6, 6.07) is 1.15. The summed E-state index contributed by atoms with van der Waals surface area (Å²) in [5.41, 5.74) is -0.836. The predicted octanol–water partition coefficient (Wildman–Crippen LogP) is 2.76. The molecule has 0 aromatic carbocycles. The average molecular weight is 665 g/mol. The van der Waals surface area contributed by atoms with Gasteiger partial charge in [0.1, 0.15) is 41.6 Å². The van der Waals surface area contributed by atoms with Gasteiger partial charge in [-0.1, -0.05) is 44.2 Å². The summed E-state index contributed by atoms with van der Waals surface area (Å²) in [6.07, 6.45) is 2.05. The maximum Gasteiger partial charge on any atom is 0.414 e. The minimum Gasteiger partial charge on any atom is -0.443 e. The van der Waals surface area contributed by atoms with Crippen molar-refractivity contribution in [3.05, 3.63) is 28.1 Å². The first-order chi connectivity index (χ1) is 21.6. The van der Waals surface area contributed by atoms with Gasteiger partial charge in [0.25, 0.3) is 11.5 Å². The number of carbonyl (C=O) groups is 4. The van der Waals surface area contributed by atoms with Crippen LogP contribution in [-0.4, -0.2) is 95.9 Å². The molecule has 2 aliphatic heterocycles. The number of methoxy groups -OCH3 is 1. The monoisotopic (exact) mass is 664 g/mol. The molecule has 1 aromatic rings. The van der Waals surface area contributed by atoms with E-state index in [1.807, 2.05) is 20.8 Å². The molecule has 3 heterocycles. The zero-order valence-corrected chi connectivity index (χ0v) is 28.2. The number of nitrogens with one attached hydrogen (secondary N) is 3. The van der Waals surface area contributed by atoms with Crippen LogP contribution in [0.5, 0.6) is 0 Å². The minimum atomic E-state index is -0.913. The Bertz CT molecular complexity index is 1410. The molecule has 0 radical (unpaired) electrons. The lowest BCUT2D eigenvalue weighted by Gasteiger charge is -2.42. The Hall–Kier alpha value is -3.11. The fourth-order valence-corrected chi connectivity index (χ4v) is 6.41. The molecule has 4 rings (SSSR count). The lowest BCUT2D eigenvalue weighted by atomic mass is 9.68. The predicted molar refractivity (Wildman–Crippen MR) is 167 cm³/mol. The molecule has 254 valence electrons. The van der Waals surface area contributed by atoms with E-state index in [9.17, 15) is 24.0 Å². The summed E-state index contributed by atoms with van der Waals surface area (Å²) in [5.74, 6) is -2.03. The van der Waals surface area contributed by atoms with E-state index in [0.717, 1.165) is 24.2 Å². The number of hydrogen-bond donors (Lipinski definition) is 3. The highest BCUT2D eigenvalue weighted by molar-refractivity contribution is 7.99. The van der Waals surface area contributed by atoms with Gasteiger partial charge in [-0.25, -0.2) is 9.78 Å². The van der Waals surface area contributed by atoms with Crippen LogP contribution in [0.2, 0.25) is 0 Å². The smallest absolute Gasteiger partial charge is 0.414 e. The third-order valence-corrected chi connectivity index (χ3v) is 9.28. The van der Waals surface area contributed by atoms with Crippen molar-refractivity contribution < 1.29 is 42.9 Å². The number of carbonyl (C=O) groups excluding carboxylic acids is 4. The Morgan fingerprint density at radius 3 is 2.54 bits per heavy atom. The Morgan fingerprint density at radius 1 is 1.20 bits per heavy atom. The number of aromatic nitrogens is 2. The number of Topliss-reactive ketones (excluding diaryl/α,β-unsaturated/α-hetero) is 1. The molecular weight excluding hydrogens is 620 g/mol. The highest BCUT2D eigenvalue weighted by atomic mass is 32.2. The highest BCUT2D eigenvalue weighted by Gasteiger charge is 2.72. The summed E-state index contributed by atoms with van der Waals surface area (Å²) in [5, 5.41) is 4.75. The molecule has 0 unspecified atom stereocenters. The second-order valence-corrected chi connectivity index (χ2v) is 14.3. The van der Waals surface area contributed by atoms with E-state index >= 15 is 0 Å². The first kappa shape index (κ1) is 35.7. The first-order valence-corrected chi connectivity index (χ1v) is 16.2. The Morgan fingerprint density at radius 2 is 1.91 bits per heavy atom. The number of thioether (sulfide) groups is 1. The van der Waals surface area contributed by atoms with E-state index in [1.54, 1.807) is 27.9 Å². The number of ketones is 1. The number of hydrogen-bond acceptors (Lipinski definition) is 12. The van der Waals surface area contributed by atoms with Crippen molar-refractivity contribution in [2.75, 3.05) is 38.0 Å². The molecule has 1 spiro atoms. The summed E-state index contributed by atoms with van der Waals surface area (Å²) in [6.45, 7) is 11.3. The molecule has 14 nitrogen and oxygen atoms in total. The molecule has 1 aliphatic carbocycles. The van der Waals surface area contributed by atoms with E-state index in [4.69, 9.17) is 23.7 Å². The van der Waals surface area contributed by atoms with Crippen molar-refractivity contribution in [1.82, 2.24) is 15.3 Å². The van der Waals surface area contributed by atoms with Gasteiger partial charge in [0.05, 0.1) is 24.4 Å². The van der Waals surface area contributed by atoms with E-state index in [-0.39, 0.29) is 46.7 Å². The highest BCUT2D eigenvalue weighted by Crippen LogP contribution is 2.59. The largest absolute Gasteiger partial charge is 0.443 e. The Balaban J connectivity index is 1.27. The number of allylic oxidation sites excluding steroid dienone is 1. The van der Waals surface area contributed by atoms with Crippen LogP contribution in [0, 0.1) is 11.3 Å². The topological polar surface area (TPSA) is 191 Å². The Kier molecular flexibility index (Phi) is 11.1. The second kappa shape index (κ2) is 14.3. The van der Waals surface area contributed by atoms with Gasteiger partial charge in [-0.3, -0.25) is 34.8 Å². The van der Waals surface area contributed by atoms with Crippen molar-refractivity contribution in [3.8, 4) is 0 Å². The number of imide groups is 1. The molecular formula is C31H44N4O10S. The molecule has 0 bridgehead atoms. The number of anilines is 1. The fourth-order valence-electron chi connectivity index (χ4n) is 5.72. The summed E-state index contributed by atoms with van der Waals surface area (Å²) in [4.78, 5) is 68.1. The van der Waals surface area contributed by atoms with Gasteiger partial charge in [0.15, 0.2) is 5.78 Å².